The van der Waals surface area contributed by atoms with Gasteiger partial charge in [-0.1, -0.05) is 12.1 Å². The largest absolute Gasteiger partial charge is 0.494 e. The zero-order valence-corrected chi connectivity index (χ0v) is 22.3. The van der Waals surface area contributed by atoms with Crippen LogP contribution in [0.1, 0.15) is 59.9 Å². The molecule has 1 aromatic heterocycles. The number of fused-ring (bicyclic) bond motifs is 1. The van der Waals surface area contributed by atoms with Crippen LogP contribution in [-0.2, 0) is 22.8 Å². The summed E-state index contributed by atoms with van der Waals surface area (Å²) in [6, 6.07) is 13.8. The van der Waals surface area contributed by atoms with Gasteiger partial charge in [0.1, 0.15) is 11.4 Å². The van der Waals surface area contributed by atoms with Gasteiger partial charge < -0.3 is 9.64 Å². The molecule has 1 amide bonds. The van der Waals surface area contributed by atoms with Crippen LogP contribution in [0.3, 0.4) is 0 Å². The number of anilines is 1. The molecule has 10 heteroatoms. The number of hydrogen-bond acceptors (Lipinski definition) is 5. The van der Waals surface area contributed by atoms with Crippen molar-refractivity contribution in [2.24, 2.45) is 0 Å². The second-order valence-electron chi connectivity index (χ2n) is 10.8. The van der Waals surface area contributed by atoms with E-state index in [0.717, 1.165) is 49.0 Å². The fraction of sp³-hybridized carbons (Fsp3) is 0.433. The third kappa shape index (κ3) is 4.68. The van der Waals surface area contributed by atoms with E-state index in [-0.39, 0.29) is 30.0 Å². The topological polar surface area (TPSA) is 67.7 Å². The van der Waals surface area contributed by atoms with E-state index in [1.165, 1.54) is 4.90 Å². The lowest BCUT2D eigenvalue weighted by Gasteiger charge is -2.28. The molecule has 210 valence electrons. The van der Waals surface area contributed by atoms with E-state index in [9.17, 15) is 22.8 Å². The van der Waals surface area contributed by atoms with Gasteiger partial charge in [0.25, 0.3) is 5.91 Å². The van der Waals surface area contributed by atoms with E-state index in [1.54, 1.807) is 36.4 Å². The Morgan fingerprint density at radius 1 is 0.975 bits per heavy atom. The number of benzene rings is 2. The van der Waals surface area contributed by atoms with Crippen molar-refractivity contribution < 1.29 is 27.5 Å². The first-order valence-electron chi connectivity index (χ1n) is 13.8. The lowest BCUT2D eigenvalue weighted by atomic mass is 9.90. The number of ketones is 1. The summed E-state index contributed by atoms with van der Waals surface area (Å²) in [4.78, 5) is 30.6. The van der Waals surface area contributed by atoms with Gasteiger partial charge in [0.15, 0.2) is 11.5 Å². The summed E-state index contributed by atoms with van der Waals surface area (Å²) in [6.07, 6.45) is -0.790. The van der Waals surface area contributed by atoms with Gasteiger partial charge in [0.2, 0.25) is 0 Å². The van der Waals surface area contributed by atoms with E-state index < -0.39 is 23.2 Å². The summed E-state index contributed by atoms with van der Waals surface area (Å²) in [7, 11) is 0. The Bertz CT molecular complexity index is 1420. The van der Waals surface area contributed by atoms with Crippen LogP contribution in [0.5, 0.6) is 5.75 Å². The summed E-state index contributed by atoms with van der Waals surface area (Å²) in [5.41, 5.74) is 0.169. The SMILES string of the molecule is CCOc1ccc(-n2nc(C(F)(F)F)c3c2C(=O)N(c2ccc(C4(C(=O)CN5CCCC5)CC4)cc2)CC3)cc1. The van der Waals surface area contributed by atoms with Crippen LogP contribution < -0.4 is 9.64 Å². The highest BCUT2D eigenvalue weighted by molar-refractivity contribution is 6.07. The average Bonchev–Trinajstić information content (AvgIpc) is 3.40. The molecule has 3 aromatic rings. The highest BCUT2D eigenvalue weighted by Gasteiger charge is 2.51. The number of likely N-dealkylation sites (tertiary alicyclic amines) is 1. The van der Waals surface area contributed by atoms with Crippen LogP contribution >= 0.6 is 0 Å². The Labute approximate surface area is 230 Å². The number of hydrogen-bond donors (Lipinski definition) is 0. The quantitative estimate of drug-likeness (QED) is 0.385. The highest BCUT2D eigenvalue weighted by atomic mass is 19.4. The first-order valence-corrected chi connectivity index (χ1v) is 13.8. The first kappa shape index (κ1) is 26.6. The van der Waals surface area contributed by atoms with Crippen LogP contribution in [0.2, 0.25) is 0 Å². The molecule has 0 atom stereocenters. The number of rotatable bonds is 8. The molecule has 7 nitrogen and oxygen atoms in total. The third-order valence-corrected chi connectivity index (χ3v) is 8.26. The van der Waals surface area contributed by atoms with Gasteiger partial charge in [0, 0.05) is 17.8 Å². The van der Waals surface area contributed by atoms with E-state index in [4.69, 9.17) is 4.74 Å². The maximum atomic E-state index is 13.9. The predicted molar refractivity (Wildman–Crippen MR) is 143 cm³/mol. The van der Waals surface area contributed by atoms with Crippen molar-refractivity contribution >= 4 is 17.4 Å². The van der Waals surface area contributed by atoms with Gasteiger partial charge in [-0.05, 0) is 94.1 Å². The van der Waals surface area contributed by atoms with Crippen LogP contribution in [0.25, 0.3) is 5.69 Å². The number of nitrogens with zero attached hydrogens (tertiary/aromatic N) is 4. The van der Waals surface area contributed by atoms with Gasteiger partial charge in [-0.25, -0.2) is 4.68 Å². The minimum Gasteiger partial charge on any atom is -0.494 e. The molecule has 2 fully saturated rings. The molecule has 3 heterocycles. The van der Waals surface area contributed by atoms with Crippen LogP contribution in [0, 0.1) is 0 Å². The Morgan fingerprint density at radius 3 is 2.23 bits per heavy atom. The molecule has 0 spiro atoms. The monoisotopic (exact) mass is 552 g/mol. The van der Waals surface area contributed by atoms with Crippen molar-refractivity contribution in [1.29, 1.82) is 0 Å². The van der Waals surface area contributed by atoms with Crippen molar-refractivity contribution in [3.63, 3.8) is 0 Å². The number of ether oxygens (including phenoxy) is 1. The van der Waals surface area contributed by atoms with Gasteiger partial charge in [0.05, 0.1) is 24.3 Å². The number of halogens is 3. The molecular weight excluding hydrogens is 521 g/mol. The van der Waals surface area contributed by atoms with Gasteiger partial charge in [-0.2, -0.15) is 18.3 Å². The Kier molecular flexibility index (Phi) is 6.68. The standard InChI is InChI=1S/C30H31F3N4O3/c1-2-40-23-11-9-22(10-12-23)37-26-24(27(34-37)30(31,32)33)13-18-36(28(26)39)21-7-5-20(6-8-21)29(14-15-29)25(38)19-35-16-3-4-17-35/h5-12H,2-4,13-19H2,1H3. The normalized spacial score (nSPS) is 18.6. The zero-order chi connectivity index (χ0) is 28.1. The second kappa shape index (κ2) is 10.1. The molecule has 0 unspecified atom stereocenters. The molecule has 1 aliphatic carbocycles. The highest BCUT2D eigenvalue weighted by Crippen LogP contribution is 2.49. The van der Waals surface area contributed by atoms with E-state index in [1.807, 2.05) is 19.1 Å². The molecule has 3 aliphatic rings. The number of carbonyl (C=O) groups is 2. The second-order valence-corrected chi connectivity index (χ2v) is 10.8. The summed E-state index contributed by atoms with van der Waals surface area (Å²) in [5.74, 6) is 0.264. The van der Waals surface area contributed by atoms with Crippen molar-refractivity contribution in [1.82, 2.24) is 14.7 Å². The maximum absolute atomic E-state index is 13.9. The van der Waals surface area contributed by atoms with Gasteiger partial charge in [-0.3, -0.25) is 14.5 Å². The Balaban J connectivity index is 1.28. The van der Waals surface area contributed by atoms with Crippen LogP contribution in [-0.4, -0.2) is 59.2 Å². The number of amides is 1. The van der Waals surface area contributed by atoms with Crippen molar-refractivity contribution in [3.8, 4) is 11.4 Å². The summed E-state index contributed by atoms with van der Waals surface area (Å²) >= 11 is 0. The zero-order valence-electron chi connectivity index (χ0n) is 22.3. The maximum Gasteiger partial charge on any atom is 0.435 e. The molecule has 1 saturated carbocycles. The smallest absolute Gasteiger partial charge is 0.435 e. The summed E-state index contributed by atoms with van der Waals surface area (Å²) < 4.78 is 48.3. The molecule has 0 radical (unpaired) electrons. The number of Topliss-reactive ketones (excluding diaryl/α,β-unsaturated/α-hetero) is 1. The van der Waals surface area contributed by atoms with Crippen LogP contribution in [0.15, 0.2) is 48.5 Å². The van der Waals surface area contributed by atoms with Gasteiger partial charge in [-0.15, -0.1) is 0 Å². The van der Waals surface area contributed by atoms with E-state index in [0.29, 0.717) is 30.3 Å². The lowest BCUT2D eigenvalue weighted by Crippen LogP contribution is -2.39. The number of carbonyl (C=O) groups excluding carboxylic acids is 2. The molecule has 1 saturated heterocycles. The molecule has 2 aliphatic heterocycles. The minimum absolute atomic E-state index is 0.0208. The van der Waals surface area contributed by atoms with E-state index in [2.05, 4.69) is 10.00 Å². The first-order chi connectivity index (χ1) is 19.2. The fourth-order valence-corrected chi connectivity index (χ4v) is 5.98. The fourth-order valence-electron chi connectivity index (χ4n) is 5.98. The number of alkyl halides is 3. The predicted octanol–water partition coefficient (Wildman–Crippen LogP) is 5.19. The average molecular weight is 553 g/mol. The molecular formula is C30H31F3N4O3. The van der Waals surface area contributed by atoms with Gasteiger partial charge >= 0.3 is 6.18 Å². The lowest BCUT2D eigenvalue weighted by molar-refractivity contribution is -0.142. The Morgan fingerprint density at radius 2 is 1.62 bits per heavy atom. The molecule has 2 aromatic carbocycles. The molecule has 40 heavy (non-hydrogen) atoms. The summed E-state index contributed by atoms with van der Waals surface area (Å²) in [6.45, 7) is 4.78. The van der Waals surface area contributed by atoms with Crippen molar-refractivity contribution in [2.75, 3.05) is 37.7 Å². The van der Waals surface area contributed by atoms with Crippen LogP contribution in [0.4, 0.5) is 18.9 Å². The molecule has 0 N–H and O–H groups in total. The minimum atomic E-state index is -4.69. The third-order valence-electron chi connectivity index (χ3n) is 8.26. The van der Waals surface area contributed by atoms with E-state index >= 15 is 0 Å². The summed E-state index contributed by atoms with van der Waals surface area (Å²) in [5, 5.41) is 3.87. The number of aromatic nitrogens is 2. The van der Waals surface area contributed by atoms with Crippen molar-refractivity contribution in [2.45, 2.75) is 50.6 Å². The molecule has 0 bridgehead atoms. The Hall–Kier alpha value is -3.66. The molecule has 6 rings (SSSR count). The van der Waals surface area contributed by atoms with Crippen molar-refractivity contribution in [3.05, 3.63) is 71.0 Å².